The molecule has 4 nitrogen and oxygen atoms in total. The molecule has 0 spiro atoms. The Kier molecular flexibility index (Phi) is 3.44. The van der Waals surface area contributed by atoms with Crippen molar-refractivity contribution in [3.63, 3.8) is 0 Å². The van der Waals surface area contributed by atoms with Crippen molar-refractivity contribution >= 4 is 16.9 Å². The lowest BCUT2D eigenvalue weighted by Crippen LogP contribution is -2.17. The van der Waals surface area contributed by atoms with Gasteiger partial charge in [0.25, 0.3) is 0 Å². The van der Waals surface area contributed by atoms with Crippen molar-refractivity contribution in [2.24, 2.45) is 5.73 Å². The fourth-order valence-corrected chi connectivity index (χ4v) is 1.82. The van der Waals surface area contributed by atoms with E-state index < -0.39 is 0 Å². The number of esters is 1. The van der Waals surface area contributed by atoms with Crippen molar-refractivity contribution in [1.29, 1.82) is 0 Å². The van der Waals surface area contributed by atoms with Gasteiger partial charge < -0.3 is 15.5 Å². The maximum Gasteiger partial charge on any atom is 0.307 e. The smallest absolute Gasteiger partial charge is 0.307 e. The van der Waals surface area contributed by atoms with Gasteiger partial charge in [0.2, 0.25) is 0 Å². The summed E-state index contributed by atoms with van der Waals surface area (Å²) < 4.78 is 4.88. The highest BCUT2D eigenvalue weighted by atomic mass is 16.5. The standard InChI is InChI=1S/C13H16N2O2/c1-2-17-13(16)8-11(14)9-3-4-12-10(7-9)5-6-15-12/h3-7,11,15H,2,8,14H2,1H3/t11-/m0/s1. The molecule has 0 aliphatic heterocycles. The Morgan fingerprint density at radius 1 is 1.47 bits per heavy atom. The highest BCUT2D eigenvalue weighted by molar-refractivity contribution is 5.80. The molecule has 0 saturated heterocycles. The van der Waals surface area contributed by atoms with Crippen LogP contribution in [-0.4, -0.2) is 17.6 Å². The van der Waals surface area contributed by atoms with E-state index in [0.29, 0.717) is 6.61 Å². The van der Waals surface area contributed by atoms with E-state index in [4.69, 9.17) is 10.5 Å². The van der Waals surface area contributed by atoms with E-state index in [1.807, 2.05) is 30.5 Å². The number of carbonyl (C=O) groups is 1. The molecule has 1 atom stereocenters. The normalized spacial score (nSPS) is 12.6. The number of benzene rings is 1. The highest BCUT2D eigenvalue weighted by Gasteiger charge is 2.12. The van der Waals surface area contributed by atoms with Crippen LogP contribution < -0.4 is 5.73 Å². The maximum atomic E-state index is 11.3. The summed E-state index contributed by atoms with van der Waals surface area (Å²) in [5, 5.41) is 1.10. The number of nitrogens with one attached hydrogen (secondary N) is 1. The Morgan fingerprint density at radius 3 is 3.06 bits per heavy atom. The number of H-pyrrole nitrogens is 1. The third kappa shape index (κ3) is 2.65. The SMILES string of the molecule is CCOC(=O)C[C@H](N)c1ccc2[nH]ccc2c1. The minimum Gasteiger partial charge on any atom is -0.466 e. The molecule has 0 bridgehead atoms. The maximum absolute atomic E-state index is 11.3. The lowest BCUT2D eigenvalue weighted by atomic mass is 10.0. The number of hydrogen-bond acceptors (Lipinski definition) is 3. The first-order chi connectivity index (χ1) is 8.20. The number of hydrogen-bond donors (Lipinski definition) is 2. The van der Waals surface area contributed by atoms with Crippen molar-refractivity contribution in [2.45, 2.75) is 19.4 Å². The monoisotopic (exact) mass is 232 g/mol. The molecule has 4 heteroatoms. The largest absolute Gasteiger partial charge is 0.466 e. The highest BCUT2D eigenvalue weighted by Crippen LogP contribution is 2.20. The van der Waals surface area contributed by atoms with E-state index in [1.54, 1.807) is 6.92 Å². The second-order valence-corrected chi connectivity index (χ2v) is 3.94. The predicted octanol–water partition coefficient (Wildman–Crippen LogP) is 2.12. The second kappa shape index (κ2) is 5.01. The number of aromatic amines is 1. The summed E-state index contributed by atoms with van der Waals surface area (Å²) in [7, 11) is 0. The van der Waals surface area contributed by atoms with Crippen LogP contribution in [0.4, 0.5) is 0 Å². The van der Waals surface area contributed by atoms with Crippen LogP contribution in [-0.2, 0) is 9.53 Å². The van der Waals surface area contributed by atoms with Crippen LogP contribution in [0.15, 0.2) is 30.5 Å². The molecule has 3 N–H and O–H groups in total. The van der Waals surface area contributed by atoms with Gasteiger partial charge in [0.15, 0.2) is 0 Å². The van der Waals surface area contributed by atoms with Crippen molar-refractivity contribution in [3.05, 3.63) is 36.0 Å². The van der Waals surface area contributed by atoms with E-state index in [9.17, 15) is 4.79 Å². The molecule has 17 heavy (non-hydrogen) atoms. The molecule has 0 saturated carbocycles. The van der Waals surface area contributed by atoms with Crippen molar-refractivity contribution in [3.8, 4) is 0 Å². The lowest BCUT2D eigenvalue weighted by molar-refractivity contribution is -0.143. The Hall–Kier alpha value is -1.81. The zero-order valence-electron chi connectivity index (χ0n) is 9.77. The van der Waals surface area contributed by atoms with Gasteiger partial charge in [-0.25, -0.2) is 0 Å². The first-order valence-corrected chi connectivity index (χ1v) is 5.69. The van der Waals surface area contributed by atoms with Crippen molar-refractivity contribution in [2.75, 3.05) is 6.61 Å². The van der Waals surface area contributed by atoms with Gasteiger partial charge in [0.05, 0.1) is 13.0 Å². The zero-order valence-corrected chi connectivity index (χ0v) is 9.77. The number of rotatable bonds is 4. The Labute approximate surface area is 99.8 Å². The summed E-state index contributed by atoms with van der Waals surface area (Å²) in [6, 6.07) is 7.57. The topological polar surface area (TPSA) is 68.1 Å². The fraction of sp³-hybridized carbons (Fsp3) is 0.308. The van der Waals surface area contributed by atoms with Crippen LogP contribution in [0.3, 0.4) is 0 Å². The van der Waals surface area contributed by atoms with Gasteiger partial charge in [0.1, 0.15) is 0 Å². The number of ether oxygens (including phenoxy) is 1. The number of aromatic nitrogens is 1. The Balaban J connectivity index is 2.12. The van der Waals surface area contributed by atoms with Gasteiger partial charge in [0, 0.05) is 17.8 Å². The van der Waals surface area contributed by atoms with Crippen molar-refractivity contribution in [1.82, 2.24) is 4.98 Å². The van der Waals surface area contributed by atoms with Gasteiger partial charge in [-0.1, -0.05) is 6.07 Å². The molecule has 1 aromatic carbocycles. The van der Waals surface area contributed by atoms with Gasteiger partial charge >= 0.3 is 5.97 Å². The van der Waals surface area contributed by atoms with Gasteiger partial charge in [-0.2, -0.15) is 0 Å². The van der Waals surface area contributed by atoms with E-state index in [0.717, 1.165) is 16.5 Å². The molecule has 0 aliphatic rings. The lowest BCUT2D eigenvalue weighted by Gasteiger charge is -2.11. The van der Waals surface area contributed by atoms with Crippen LogP contribution in [0, 0.1) is 0 Å². The molecule has 0 aliphatic carbocycles. The predicted molar refractivity (Wildman–Crippen MR) is 66.5 cm³/mol. The minimum atomic E-state index is -0.312. The summed E-state index contributed by atoms with van der Waals surface area (Å²) in [6.07, 6.45) is 2.09. The average Bonchev–Trinajstić information content (AvgIpc) is 2.75. The molecule has 1 aromatic heterocycles. The van der Waals surface area contributed by atoms with Gasteiger partial charge in [-0.05, 0) is 36.1 Å². The summed E-state index contributed by atoms with van der Waals surface area (Å²) in [6.45, 7) is 2.18. The summed E-state index contributed by atoms with van der Waals surface area (Å²) in [4.78, 5) is 14.4. The molecule has 2 rings (SSSR count). The van der Waals surface area contributed by atoms with E-state index in [-0.39, 0.29) is 18.4 Å². The summed E-state index contributed by atoms with van der Waals surface area (Å²) in [5.41, 5.74) is 7.99. The summed E-state index contributed by atoms with van der Waals surface area (Å²) >= 11 is 0. The average molecular weight is 232 g/mol. The molecule has 0 unspecified atom stereocenters. The van der Waals surface area contributed by atoms with Gasteiger partial charge in [-0.3, -0.25) is 4.79 Å². The minimum absolute atomic E-state index is 0.212. The van der Waals surface area contributed by atoms with Crippen molar-refractivity contribution < 1.29 is 9.53 Å². The Bertz CT molecular complexity index is 519. The molecular weight excluding hydrogens is 216 g/mol. The number of carbonyl (C=O) groups excluding carboxylic acids is 1. The van der Waals surface area contributed by atoms with E-state index >= 15 is 0 Å². The molecule has 0 amide bonds. The molecule has 1 heterocycles. The number of nitrogens with two attached hydrogens (primary N) is 1. The third-order valence-electron chi connectivity index (χ3n) is 2.70. The van der Waals surface area contributed by atoms with Gasteiger partial charge in [-0.15, -0.1) is 0 Å². The molecule has 0 fully saturated rings. The summed E-state index contributed by atoms with van der Waals surface area (Å²) in [5.74, 6) is -0.255. The molecule has 2 aromatic rings. The first kappa shape index (κ1) is 11.7. The van der Waals surface area contributed by atoms with Crippen LogP contribution in [0.25, 0.3) is 10.9 Å². The zero-order chi connectivity index (χ0) is 12.3. The third-order valence-corrected chi connectivity index (χ3v) is 2.70. The van der Waals surface area contributed by atoms with E-state index in [1.165, 1.54) is 0 Å². The molecule has 90 valence electrons. The molecule has 0 radical (unpaired) electrons. The van der Waals surface area contributed by atoms with Crippen LogP contribution in [0.2, 0.25) is 0 Å². The fourth-order valence-electron chi connectivity index (χ4n) is 1.82. The van der Waals surface area contributed by atoms with Crippen LogP contribution in [0.5, 0.6) is 0 Å². The number of fused-ring (bicyclic) bond motifs is 1. The molecular formula is C13H16N2O2. The Morgan fingerprint density at radius 2 is 2.29 bits per heavy atom. The van der Waals surface area contributed by atoms with E-state index in [2.05, 4.69) is 4.98 Å². The van der Waals surface area contributed by atoms with Crippen LogP contribution in [0.1, 0.15) is 24.9 Å². The quantitative estimate of drug-likeness (QED) is 0.793. The van der Waals surface area contributed by atoms with Crippen LogP contribution >= 0.6 is 0 Å². The second-order valence-electron chi connectivity index (χ2n) is 3.94. The first-order valence-electron chi connectivity index (χ1n) is 5.69.